The van der Waals surface area contributed by atoms with Crippen molar-refractivity contribution in [1.82, 2.24) is 0 Å². The van der Waals surface area contributed by atoms with E-state index in [-0.39, 0.29) is 29.8 Å². The van der Waals surface area contributed by atoms with Crippen LogP contribution in [0.2, 0.25) is 5.02 Å². The number of carbonyl (C=O) groups excluding carboxylic acids is 3. The molecule has 0 aliphatic carbocycles. The second kappa shape index (κ2) is 11.9. The Hall–Kier alpha value is -3.98. The van der Waals surface area contributed by atoms with Crippen LogP contribution in [0.3, 0.4) is 0 Å². The number of hydrogen-bond donors (Lipinski definition) is 2. The number of aryl methyl sites for hydroxylation is 1. The van der Waals surface area contributed by atoms with Gasteiger partial charge in [-0.15, -0.1) is 0 Å². The number of carbonyl (C=O) groups is 3. The van der Waals surface area contributed by atoms with Crippen LogP contribution in [0.5, 0.6) is 0 Å². The zero-order chi connectivity index (χ0) is 29.3. The first-order valence-corrected chi connectivity index (χ1v) is 13.8. The van der Waals surface area contributed by atoms with Crippen LogP contribution < -0.4 is 10.2 Å². The molecule has 41 heavy (non-hydrogen) atoms. The number of halogens is 1. The first kappa shape index (κ1) is 28.5. The Morgan fingerprint density at radius 1 is 1.05 bits per heavy atom. The van der Waals surface area contributed by atoms with Crippen LogP contribution in [0.4, 0.5) is 11.4 Å². The summed E-state index contributed by atoms with van der Waals surface area (Å²) < 4.78 is 12.0. The molecule has 2 N–H and O–H groups in total. The van der Waals surface area contributed by atoms with Crippen molar-refractivity contribution in [2.24, 2.45) is 11.8 Å². The number of aliphatic hydroxyl groups excluding tert-OH is 1. The van der Waals surface area contributed by atoms with Crippen LogP contribution in [0, 0.1) is 18.8 Å². The van der Waals surface area contributed by atoms with Gasteiger partial charge in [-0.25, -0.2) is 4.90 Å². The van der Waals surface area contributed by atoms with Gasteiger partial charge in [0.2, 0.25) is 6.29 Å². The van der Waals surface area contributed by atoms with E-state index in [0.29, 0.717) is 40.6 Å². The predicted molar refractivity (Wildman–Crippen MR) is 155 cm³/mol. The first-order chi connectivity index (χ1) is 19.6. The van der Waals surface area contributed by atoms with Crippen LogP contribution >= 0.6 is 11.6 Å². The molecule has 2 aliphatic rings. The maximum atomic E-state index is 13.2. The largest absolute Gasteiger partial charge is 0.459 e. The Morgan fingerprint density at radius 3 is 2.44 bits per heavy atom. The van der Waals surface area contributed by atoms with Crippen LogP contribution in [0.15, 0.2) is 72.5 Å². The topological polar surface area (TPSA) is 105 Å². The average Bonchev–Trinajstić information content (AvgIpc) is 3.20. The molecule has 0 saturated heterocycles. The fraction of sp³-hybridized carbons (Fsp3) is 0.281. The number of allylic oxidation sites excluding steroid dienone is 1. The minimum absolute atomic E-state index is 0.0213. The number of benzene rings is 3. The van der Waals surface area contributed by atoms with Gasteiger partial charge in [-0.05, 0) is 77.9 Å². The molecule has 2 atom stereocenters. The van der Waals surface area contributed by atoms with E-state index in [9.17, 15) is 19.5 Å². The van der Waals surface area contributed by atoms with Crippen LogP contribution in [-0.4, -0.2) is 29.1 Å². The third kappa shape index (κ3) is 6.05. The van der Waals surface area contributed by atoms with Gasteiger partial charge in [-0.3, -0.25) is 14.4 Å². The monoisotopic (exact) mass is 574 g/mol. The molecule has 0 bridgehead atoms. The SMILES string of the molecule is Cc1cc(NC(=O)C2=C[C@@H](C(C)C)C[C@@H](OCc3ccc(CO)cc3)O2)ccc1N1C(=O)c2ccc(Cl)cc2C1=O. The molecule has 2 heterocycles. The first-order valence-electron chi connectivity index (χ1n) is 13.4. The standard InChI is InChI=1S/C32H31ClN2O6/c1-18(2)22-13-28(41-29(14-22)40-17-21-6-4-20(16-36)5-7-21)30(37)34-24-9-11-27(19(3)12-24)35-31(38)25-10-8-23(33)15-26(25)32(35)39/h4-13,15,18,22,29,36H,14,16-17H2,1-3H3,(H,34,37)/t22-,29+/m1/s1. The number of anilines is 2. The van der Waals surface area contributed by atoms with Gasteiger partial charge in [0.15, 0.2) is 5.76 Å². The van der Waals surface area contributed by atoms with Gasteiger partial charge in [-0.1, -0.05) is 49.7 Å². The number of ether oxygens (including phenoxy) is 2. The van der Waals surface area contributed by atoms with Gasteiger partial charge in [0.1, 0.15) is 0 Å². The number of nitrogens with one attached hydrogen (secondary N) is 1. The predicted octanol–water partition coefficient (Wildman–Crippen LogP) is 6.00. The van der Waals surface area contributed by atoms with Gasteiger partial charge >= 0.3 is 0 Å². The van der Waals surface area contributed by atoms with Gasteiger partial charge in [-0.2, -0.15) is 0 Å². The number of fused-ring (bicyclic) bond motifs is 1. The second-order valence-corrected chi connectivity index (χ2v) is 11.0. The molecule has 9 heteroatoms. The smallest absolute Gasteiger partial charge is 0.290 e. The fourth-order valence-corrected chi connectivity index (χ4v) is 5.12. The van der Waals surface area contributed by atoms with E-state index in [2.05, 4.69) is 19.2 Å². The number of nitrogens with zero attached hydrogens (tertiary/aromatic N) is 1. The van der Waals surface area contributed by atoms with E-state index in [1.54, 1.807) is 37.3 Å². The van der Waals surface area contributed by atoms with Crippen molar-refractivity contribution in [2.75, 3.05) is 10.2 Å². The number of amides is 3. The van der Waals surface area contributed by atoms with Crippen LogP contribution in [-0.2, 0) is 27.5 Å². The van der Waals surface area contributed by atoms with E-state index in [1.165, 1.54) is 6.07 Å². The van der Waals surface area contributed by atoms with Crippen molar-refractivity contribution in [3.63, 3.8) is 0 Å². The molecule has 0 fully saturated rings. The highest BCUT2D eigenvalue weighted by Gasteiger charge is 2.37. The molecule has 3 amide bonds. The average molecular weight is 575 g/mol. The number of hydrogen-bond acceptors (Lipinski definition) is 6. The fourth-order valence-electron chi connectivity index (χ4n) is 4.95. The normalized spacial score (nSPS) is 18.3. The van der Waals surface area contributed by atoms with E-state index in [4.69, 9.17) is 21.1 Å². The summed E-state index contributed by atoms with van der Waals surface area (Å²) in [6, 6.07) is 17.1. The van der Waals surface area contributed by atoms with E-state index >= 15 is 0 Å². The van der Waals surface area contributed by atoms with Gasteiger partial charge < -0.3 is 19.9 Å². The summed E-state index contributed by atoms with van der Waals surface area (Å²) >= 11 is 6.03. The minimum Gasteiger partial charge on any atom is -0.459 e. The van der Waals surface area contributed by atoms with E-state index < -0.39 is 24.0 Å². The maximum Gasteiger partial charge on any atom is 0.290 e. The maximum absolute atomic E-state index is 13.2. The molecule has 5 rings (SSSR count). The van der Waals surface area contributed by atoms with Crippen molar-refractivity contribution in [3.8, 4) is 0 Å². The van der Waals surface area contributed by atoms with E-state index in [0.717, 1.165) is 16.0 Å². The molecule has 3 aromatic carbocycles. The Labute approximate surface area is 243 Å². The summed E-state index contributed by atoms with van der Waals surface area (Å²) in [7, 11) is 0. The molecule has 0 spiro atoms. The Balaban J connectivity index is 1.27. The van der Waals surface area contributed by atoms with Gasteiger partial charge in [0.25, 0.3) is 17.7 Å². The summed E-state index contributed by atoms with van der Waals surface area (Å²) in [5.74, 6) is -0.751. The molecule has 0 aromatic heterocycles. The zero-order valence-corrected chi connectivity index (χ0v) is 23.8. The highest BCUT2D eigenvalue weighted by molar-refractivity contribution is 6.37. The molecular weight excluding hydrogens is 544 g/mol. The number of aliphatic hydroxyl groups is 1. The van der Waals surface area contributed by atoms with Crippen molar-refractivity contribution >= 4 is 40.7 Å². The van der Waals surface area contributed by atoms with E-state index in [1.807, 2.05) is 30.3 Å². The lowest BCUT2D eigenvalue weighted by Crippen LogP contribution is -2.31. The molecule has 3 aromatic rings. The Morgan fingerprint density at radius 2 is 1.76 bits per heavy atom. The van der Waals surface area contributed by atoms with Crippen LogP contribution in [0.25, 0.3) is 0 Å². The van der Waals surface area contributed by atoms with Crippen molar-refractivity contribution in [3.05, 3.63) is 105 Å². The molecule has 8 nitrogen and oxygen atoms in total. The van der Waals surface area contributed by atoms with Gasteiger partial charge in [0, 0.05) is 17.1 Å². The minimum atomic E-state index is -0.600. The quantitative estimate of drug-likeness (QED) is 0.320. The van der Waals surface area contributed by atoms with Gasteiger partial charge in [0.05, 0.1) is 30.0 Å². The molecule has 0 saturated carbocycles. The molecule has 0 unspecified atom stereocenters. The second-order valence-electron chi connectivity index (χ2n) is 10.6. The molecule has 2 aliphatic heterocycles. The Bertz CT molecular complexity index is 1530. The van der Waals surface area contributed by atoms with Crippen molar-refractivity contribution in [1.29, 1.82) is 0 Å². The Kier molecular flexibility index (Phi) is 8.26. The summed E-state index contributed by atoms with van der Waals surface area (Å²) in [5, 5.41) is 12.5. The number of imide groups is 1. The van der Waals surface area contributed by atoms with Crippen LogP contribution in [0.1, 0.15) is 57.7 Å². The lowest BCUT2D eigenvalue weighted by molar-refractivity contribution is -0.152. The lowest BCUT2D eigenvalue weighted by Gasteiger charge is -2.31. The highest BCUT2D eigenvalue weighted by Crippen LogP contribution is 2.34. The third-order valence-electron chi connectivity index (χ3n) is 7.35. The highest BCUT2D eigenvalue weighted by atomic mass is 35.5. The molecule has 0 radical (unpaired) electrons. The zero-order valence-electron chi connectivity index (χ0n) is 23.0. The van der Waals surface area contributed by atoms with Crippen molar-refractivity contribution < 1.29 is 29.0 Å². The lowest BCUT2D eigenvalue weighted by atomic mass is 9.90. The summed E-state index contributed by atoms with van der Waals surface area (Å²) in [6.07, 6.45) is 1.85. The summed E-state index contributed by atoms with van der Waals surface area (Å²) in [5.41, 5.74) is 3.88. The van der Waals surface area contributed by atoms with Crippen molar-refractivity contribution in [2.45, 2.75) is 46.7 Å². The number of rotatable bonds is 8. The summed E-state index contributed by atoms with van der Waals surface area (Å²) in [4.78, 5) is 40.4. The summed E-state index contributed by atoms with van der Waals surface area (Å²) in [6.45, 7) is 6.22. The molecule has 212 valence electrons. The third-order valence-corrected chi connectivity index (χ3v) is 7.59. The molecular formula is C32H31ClN2O6.